The summed E-state index contributed by atoms with van der Waals surface area (Å²) < 4.78 is 31.1. The van der Waals surface area contributed by atoms with Gasteiger partial charge in [-0.1, -0.05) is 29.8 Å². The molecule has 0 spiro atoms. The van der Waals surface area contributed by atoms with E-state index in [-0.39, 0.29) is 11.6 Å². The minimum absolute atomic E-state index is 0.0382. The van der Waals surface area contributed by atoms with Gasteiger partial charge in [0.1, 0.15) is 12.4 Å². The number of ether oxygens (including phenoxy) is 3. The van der Waals surface area contributed by atoms with Crippen molar-refractivity contribution in [3.8, 4) is 11.5 Å². The Kier molecular flexibility index (Phi) is 6.76. The fourth-order valence-corrected chi connectivity index (χ4v) is 3.94. The highest BCUT2D eigenvalue weighted by Gasteiger charge is 2.25. The third kappa shape index (κ3) is 5.11. The highest BCUT2D eigenvalue weighted by Crippen LogP contribution is 2.38. The molecule has 0 fully saturated rings. The second kappa shape index (κ2) is 9.70. The van der Waals surface area contributed by atoms with Crippen molar-refractivity contribution in [2.24, 2.45) is 4.99 Å². The zero-order valence-corrected chi connectivity index (χ0v) is 19.7. The number of esters is 1. The minimum atomic E-state index is -0.640. The van der Waals surface area contributed by atoms with Gasteiger partial charge in [0.15, 0.2) is 17.2 Å². The van der Waals surface area contributed by atoms with Gasteiger partial charge in [-0.2, -0.15) is 0 Å². The summed E-state index contributed by atoms with van der Waals surface area (Å²) in [5.41, 5.74) is 2.00. The molecule has 4 rings (SSSR count). The number of carbonyl (C=O) groups excluding carboxylic acids is 1. The molecule has 0 bridgehead atoms. The van der Waals surface area contributed by atoms with E-state index in [2.05, 4.69) is 27.6 Å². The first kappa shape index (κ1) is 22.3. The largest absolute Gasteiger partial charge is 0.493 e. The molecule has 0 aromatic heterocycles. The van der Waals surface area contributed by atoms with Crippen molar-refractivity contribution in [2.45, 2.75) is 6.61 Å². The normalized spacial score (nSPS) is 14.3. The molecule has 3 aromatic carbocycles. The highest BCUT2D eigenvalue weighted by atomic mass is 127. The third-order valence-electron chi connectivity index (χ3n) is 4.52. The summed E-state index contributed by atoms with van der Waals surface area (Å²) in [4.78, 5) is 16.4. The van der Waals surface area contributed by atoms with Gasteiger partial charge in [0.2, 0.25) is 5.90 Å². The zero-order valence-electron chi connectivity index (χ0n) is 16.8. The van der Waals surface area contributed by atoms with Gasteiger partial charge in [0, 0.05) is 9.13 Å². The van der Waals surface area contributed by atoms with Gasteiger partial charge >= 0.3 is 5.97 Å². The van der Waals surface area contributed by atoms with Gasteiger partial charge in [0.05, 0.1) is 12.1 Å². The van der Waals surface area contributed by atoms with Gasteiger partial charge in [-0.25, -0.2) is 14.2 Å². The molecule has 0 unspecified atom stereocenters. The van der Waals surface area contributed by atoms with Gasteiger partial charge in [-0.15, -0.1) is 0 Å². The fraction of sp³-hybridized carbons (Fsp3) is 0.0833. The Morgan fingerprint density at radius 2 is 1.97 bits per heavy atom. The van der Waals surface area contributed by atoms with Crippen LogP contribution in [0.25, 0.3) is 6.08 Å². The maximum atomic E-state index is 13.5. The molecular formula is C24H16ClFINO4. The molecule has 5 nitrogen and oxygen atoms in total. The lowest BCUT2D eigenvalue weighted by atomic mass is 10.1. The number of hydrogen-bond donors (Lipinski definition) is 0. The first-order valence-corrected chi connectivity index (χ1v) is 10.9. The summed E-state index contributed by atoms with van der Waals surface area (Å²) in [7, 11) is 1.50. The van der Waals surface area contributed by atoms with Gasteiger partial charge in [0.25, 0.3) is 0 Å². The summed E-state index contributed by atoms with van der Waals surface area (Å²) in [5, 5.41) is 0.322. The van der Waals surface area contributed by atoms with Crippen LogP contribution in [0.5, 0.6) is 11.5 Å². The van der Waals surface area contributed by atoms with Crippen LogP contribution in [-0.4, -0.2) is 19.0 Å². The van der Waals surface area contributed by atoms with E-state index in [1.807, 2.05) is 24.3 Å². The van der Waals surface area contributed by atoms with Crippen LogP contribution in [0.4, 0.5) is 4.39 Å². The van der Waals surface area contributed by atoms with Crippen molar-refractivity contribution in [2.75, 3.05) is 7.11 Å². The molecule has 3 aromatic rings. The third-order valence-corrected chi connectivity index (χ3v) is 5.47. The van der Waals surface area contributed by atoms with Crippen molar-refractivity contribution in [1.82, 2.24) is 0 Å². The van der Waals surface area contributed by atoms with E-state index in [1.165, 1.54) is 31.4 Å². The number of rotatable bonds is 6. The number of hydrogen-bond acceptors (Lipinski definition) is 5. The molecule has 0 saturated carbocycles. The van der Waals surface area contributed by atoms with Crippen LogP contribution in [0.1, 0.15) is 16.7 Å². The smallest absolute Gasteiger partial charge is 0.363 e. The van der Waals surface area contributed by atoms with E-state index >= 15 is 0 Å². The van der Waals surface area contributed by atoms with Crippen molar-refractivity contribution in [3.63, 3.8) is 0 Å². The molecule has 0 amide bonds. The standard InChI is InChI=1S/C24H16ClFINO4/c1-30-21-11-15(9-19(25)22(21)31-13-14-4-2-7-18(27)8-14)10-20-24(29)32-23(28-20)16-5-3-6-17(26)12-16/h2-12H,13H2,1H3/b20-10-. The summed E-state index contributed by atoms with van der Waals surface area (Å²) in [6.45, 7) is 0.320. The first-order valence-electron chi connectivity index (χ1n) is 9.46. The molecule has 8 heteroatoms. The van der Waals surface area contributed by atoms with Gasteiger partial charge in [-0.3, -0.25) is 0 Å². The Labute approximate surface area is 202 Å². The topological polar surface area (TPSA) is 57.1 Å². The molecule has 1 aliphatic rings. The van der Waals surface area contributed by atoms with Crippen molar-refractivity contribution >= 4 is 52.1 Å². The highest BCUT2D eigenvalue weighted by molar-refractivity contribution is 14.1. The molecule has 0 saturated heterocycles. The molecule has 0 aliphatic carbocycles. The second-order valence-electron chi connectivity index (χ2n) is 6.80. The summed E-state index contributed by atoms with van der Waals surface area (Å²) >= 11 is 8.68. The van der Waals surface area contributed by atoms with Gasteiger partial charge in [-0.05, 0) is 82.3 Å². The van der Waals surface area contributed by atoms with Crippen LogP contribution in [0.3, 0.4) is 0 Å². The Morgan fingerprint density at radius 3 is 2.72 bits per heavy atom. The quantitative estimate of drug-likeness (QED) is 0.209. The minimum Gasteiger partial charge on any atom is -0.493 e. The van der Waals surface area contributed by atoms with Crippen LogP contribution in [0.15, 0.2) is 71.4 Å². The summed E-state index contributed by atoms with van der Waals surface area (Å²) in [6, 6.07) is 16.9. The van der Waals surface area contributed by atoms with E-state index in [0.717, 1.165) is 9.13 Å². The summed E-state index contributed by atoms with van der Waals surface area (Å²) in [5.74, 6) is -0.241. The number of nitrogens with zero attached hydrogens (tertiary/aromatic N) is 1. The Balaban J connectivity index is 1.59. The molecule has 0 radical (unpaired) electrons. The van der Waals surface area contributed by atoms with Crippen LogP contribution < -0.4 is 9.47 Å². The van der Waals surface area contributed by atoms with E-state index < -0.39 is 11.8 Å². The average molecular weight is 564 g/mol. The lowest BCUT2D eigenvalue weighted by molar-refractivity contribution is -0.129. The SMILES string of the molecule is COc1cc(/C=C2\N=C(c3cccc(F)c3)OC2=O)cc(Cl)c1OCc1cccc(I)c1. The summed E-state index contributed by atoms with van der Waals surface area (Å²) in [6.07, 6.45) is 1.52. The molecule has 1 heterocycles. The average Bonchev–Trinajstić information content (AvgIpc) is 3.13. The predicted molar refractivity (Wildman–Crippen MR) is 129 cm³/mol. The maximum Gasteiger partial charge on any atom is 0.363 e. The van der Waals surface area contributed by atoms with Crippen LogP contribution in [0, 0.1) is 9.39 Å². The maximum absolute atomic E-state index is 13.5. The fourth-order valence-electron chi connectivity index (χ4n) is 3.06. The molecule has 1 aliphatic heterocycles. The van der Waals surface area contributed by atoms with Crippen molar-refractivity contribution in [1.29, 1.82) is 0 Å². The van der Waals surface area contributed by atoms with E-state index in [1.54, 1.807) is 18.2 Å². The number of aliphatic imine (C=N–C) groups is 1. The number of methoxy groups -OCH3 is 1. The van der Waals surface area contributed by atoms with E-state index in [9.17, 15) is 9.18 Å². The van der Waals surface area contributed by atoms with Gasteiger partial charge < -0.3 is 14.2 Å². The molecule has 32 heavy (non-hydrogen) atoms. The predicted octanol–water partition coefficient (Wildman–Crippen LogP) is 6.02. The molecule has 162 valence electrons. The second-order valence-corrected chi connectivity index (χ2v) is 8.45. The van der Waals surface area contributed by atoms with E-state index in [0.29, 0.717) is 34.3 Å². The number of halogens is 3. The van der Waals surface area contributed by atoms with Crippen LogP contribution in [0.2, 0.25) is 5.02 Å². The van der Waals surface area contributed by atoms with Crippen molar-refractivity contribution < 1.29 is 23.4 Å². The monoisotopic (exact) mass is 563 g/mol. The van der Waals surface area contributed by atoms with Crippen LogP contribution in [-0.2, 0) is 16.1 Å². The Morgan fingerprint density at radius 1 is 1.16 bits per heavy atom. The molecule has 0 N–H and O–H groups in total. The number of benzene rings is 3. The molecule has 0 atom stereocenters. The number of cyclic esters (lactones) is 1. The van der Waals surface area contributed by atoms with Crippen LogP contribution >= 0.6 is 34.2 Å². The molecular weight excluding hydrogens is 548 g/mol. The zero-order chi connectivity index (χ0) is 22.7. The lowest BCUT2D eigenvalue weighted by Crippen LogP contribution is -2.05. The Bertz CT molecular complexity index is 1260. The number of carbonyl (C=O) groups is 1. The first-order chi connectivity index (χ1) is 15.4. The lowest BCUT2D eigenvalue weighted by Gasteiger charge is -2.13. The van der Waals surface area contributed by atoms with E-state index in [4.69, 9.17) is 25.8 Å². The van der Waals surface area contributed by atoms with Crippen molar-refractivity contribution in [3.05, 3.63) is 97.5 Å². The Hall–Kier alpha value is -2.91.